The second kappa shape index (κ2) is 10.5. The molecule has 0 spiro atoms. The molecule has 0 radical (unpaired) electrons. The molecule has 1 aliphatic heterocycles. The van der Waals surface area contributed by atoms with Crippen molar-refractivity contribution in [3.8, 4) is 5.75 Å². The van der Waals surface area contributed by atoms with Crippen LogP contribution >= 0.6 is 0 Å². The fourth-order valence-electron chi connectivity index (χ4n) is 4.63. The molecule has 2 N–H and O–H groups in total. The Labute approximate surface area is 212 Å². The van der Waals surface area contributed by atoms with Crippen molar-refractivity contribution in [1.82, 2.24) is 5.01 Å². The molecule has 0 unspecified atom stereocenters. The maximum absolute atomic E-state index is 13.8. The molecule has 1 heterocycles. The first-order valence-corrected chi connectivity index (χ1v) is 12.5. The van der Waals surface area contributed by atoms with Gasteiger partial charge >= 0.3 is 6.03 Å². The van der Waals surface area contributed by atoms with Crippen molar-refractivity contribution in [3.05, 3.63) is 54.1 Å². The summed E-state index contributed by atoms with van der Waals surface area (Å²) < 4.78 is 0. The monoisotopic (exact) mass is 490 g/mol. The van der Waals surface area contributed by atoms with Crippen molar-refractivity contribution >= 4 is 34.8 Å². The summed E-state index contributed by atoms with van der Waals surface area (Å²) in [6, 6.07) is 13.3. The van der Waals surface area contributed by atoms with E-state index in [1.165, 1.54) is 28.5 Å². The first kappa shape index (κ1) is 25.4. The minimum Gasteiger partial charge on any atom is -0.508 e. The van der Waals surface area contributed by atoms with Crippen LogP contribution in [0.1, 0.15) is 58.4 Å². The van der Waals surface area contributed by atoms with Crippen LogP contribution in [0.4, 0.5) is 16.2 Å². The molecule has 2 aliphatic rings. The molecule has 4 rings (SSSR count). The van der Waals surface area contributed by atoms with Gasteiger partial charge in [-0.3, -0.25) is 14.5 Å². The van der Waals surface area contributed by atoms with E-state index in [1.807, 2.05) is 45.0 Å². The van der Waals surface area contributed by atoms with Crippen LogP contribution < -0.4 is 10.2 Å². The van der Waals surface area contributed by atoms with Crippen molar-refractivity contribution in [2.24, 2.45) is 16.4 Å². The number of hydrazone groups is 1. The first-order valence-electron chi connectivity index (χ1n) is 12.5. The highest BCUT2D eigenvalue weighted by molar-refractivity contribution is 6.13. The van der Waals surface area contributed by atoms with Crippen LogP contribution in [0, 0.1) is 11.3 Å². The number of rotatable bonds is 6. The Hall–Kier alpha value is -3.68. The molecule has 36 heavy (non-hydrogen) atoms. The summed E-state index contributed by atoms with van der Waals surface area (Å²) in [5.41, 5.74) is 2.04. The number of fused-ring (bicyclic) bond motifs is 1. The molecule has 2 aromatic rings. The fraction of sp³-hybridized carbons (Fsp3) is 0.429. The van der Waals surface area contributed by atoms with Gasteiger partial charge in [-0.15, -0.1) is 0 Å². The number of anilines is 2. The predicted molar refractivity (Wildman–Crippen MR) is 140 cm³/mol. The standard InChI is InChI=1S/C28H34N4O4/c1-28(2,3)24(34)17-31-23-15-8-7-14-22(23)26(19-10-5-4-6-11-19)30-32(27(31)36)18-25(35)29-20-12-9-13-21(33)16-20/h7-9,12-16,19,33H,4-6,10-11,17-18H2,1-3H3,(H,29,35). The average Bonchev–Trinajstić information content (AvgIpc) is 2.94. The fourth-order valence-corrected chi connectivity index (χ4v) is 4.63. The van der Waals surface area contributed by atoms with Crippen LogP contribution in [0.5, 0.6) is 5.75 Å². The normalized spacial score (nSPS) is 16.8. The number of hydrogen-bond donors (Lipinski definition) is 2. The van der Waals surface area contributed by atoms with E-state index in [0.29, 0.717) is 11.4 Å². The van der Waals surface area contributed by atoms with Gasteiger partial charge in [0.05, 0.1) is 17.9 Å². The molecule has 3 amide bonds. The first-order chi connectivity index (χ1) is 17.1. The number of carbonyl (C=O) groups is 3. The van der Waals surface area contributed by atoms with Crippen LogP contribution in [0.15, 0.2) is 53.6 Å². The second-order valence-corrected chi connectivity index (χ2v) is 10.5. The maximum atomic E-state index is 13.8. The van der Waals surface area contributed by atoms with E-state index in [-0.39, 0.29) is 30.5 Å². The number of hydrogen-bond acceptors (Lipinski definition) is 5. The number of ketones is 1. The molecule has 0 saturated heterocycles. The molecule has 0 aromatic heterocycles. The van der Waals surface area contributed by atoms with Crippen molar-refractivity contribution in [3.63, 3.8) is 0 Å². The lowest BCUT2D eigenvalue weighted by Gasteiger charge is -2.28. The number of nitrogens with one attached hydrogen (secondary N) is 1. The molecular formula is C28H34N4O4. The topological polar surface area (TPSA) is 102 Å². The molecule has 1 aliphatic carbocycles. The zero-order chi connectivity index (χ0) is 25.9. The number of urea groups is 1. The summed E-state index contributed by atoms with van der Waals surface area (Å²) >= 11 is 0. The van der Waals surface area contributed by atoms with Gasteiger partial charge in [-0.1, -0.05) is 64.3 Å². The van der Waals surface area contributed by atoms with E-state index in [9.17, 15) is 19.5 Å². The number of nitrogens with zero attached hydrogens (tertiary/aromatic N) is 3. The summed E-state index contributed by atoms with van der Waals surface area (Å²) in [4.78, 5) is 41.2. The Morgan fingerprint density at radius 2 is 1.75 bits per heavy atom. The third-order valence-corrected chi connectivity index (χ3v) is 6.70. The number of benzene rings is 2. The van der Waals surface area contributed by atoms with E-state index in [1.54, 1.807) is 12.1 Å². The summed E-state index contributed by atoms with van der Waals surface area (Å²) in [6.45, 7) is 5.05. The van der Waals surface area contributed by atoms with Gasteiger partial charge in [-0.2, -0.15) is 5.10 Å². The largest absolute Gasteiger partial charge is 0.508 e. The van der Waals surface area contributed by atoms with Crippen molar-refractivity contribution in [2.45, 2.75) is 52.9 Å². The number of phenols is 1. The van der Waals surface area contributed by atoms with E-state index in [4.69, 9.17) is 5.10 Å². The summed E-state index contributed by atoms with van der Waals surface area (Å²) in [5, 5.41) is 18.4. The molecule has 8 nitrogen and oxygen atoms in total. The van der Waals surface area contributed by atoms with Gasteiger partial charge in [0.2, 0.25) is 5.91 Å². The minimum atomic E-state index is -0.633. The molecule has 2 aromatic carbocycles. The number of amides is 3. The van der Waals surface area contributed by atoms with Gasteiger partial charge in [-0.05, 0) is 31.0 Å². The Morgan fingerprint density at radius 3 is 2.44 bits per heavy atom. The van der Waals surface area contributed by atoms with Crippen molar-refractivity contribution in [1.29, 1.82) is 0 Å². The number of aromatic hydroxyl groups is 1. The molecule has 8 heteroatoms. The molecule has 1 saturated carbocycles. The Bertz CT molecular complexity index is 1180. The number of carbonyl (C=O) groups excluding carboxylic acids is 3. The average molecular weight is 491 g/mol. The number of para-hydroxylation sites is 1. The van der Waals surface area contributed by atoms with Gasteiger partial charge < -0.3 is 10.4 Å². The molecule has 1 fully saturated rings. The zero-order valence-electron chi connectivity index (χ0n) is 21.2. The van der Waals surface area contributed by atoms with Gasteiger partial charge in [0, 0.05) is 28.7 Å². The van der Waals surface area contributed by atoms with E-state index in [2.05, 4.69) is 5.32 Å². The third kappa shape index (κ3) is 5.75. The van der Waals surface area contributed by atoms with Crippen LogP contribution in [0.3, 0.4) is 0 Å². The highest BCUT2D eigenvalue weighted by Gasteiger charge is 2.36. The molecule has 0 atom stereocenters. The Morgan fingerprint density at radius 1 is 1.03 bits per heavy atom. The van der Waals surface area contributed by atoms with Crippen LogP contribution in [-0.2, 0) is 9.59 Å². The lowest BCUT2D eigenvalue weighted by Crippen LogP contribution is -2.47. The quantitative estimate of drug-likeness (QED) is 0.583. The van der Waals surface area contributed by atoms with E-state index >= 15 is 0 Å². The van der Waals surface area contributed by atoms with Crippen molar-refractivity contribution < 1.29 is 19.5 Å². The van der Waals surface area contributed by atoms with Gasteiger partial charge in [0.15, 0.2) is 5.78 Å². The number of Topliss-reactive ketones (excluding diaryl/α,β-unsaturated/α-hetero) is 1. The lowest BCUT2D eigenvalue weighted by atomic mass is 9.83. The molecular weight excluding hydrogens is 456 g/mol. The minimum absolute atomic E-state index is 0.0265. The molecule has 0 bridgehead atoms. The highest BCUT2D eigenvalue weighted by Crippen LogP contribution is 2.34. The van der Waals surface area contributed by atoms with Gasteiger partial charge in [0.1, 0.15) is 12.3 Å². The third-order valence-electron chi connectivity index (χ3n) is 6.70. The molecule has 190 valence electrons. The Balaban J connectivity index is 1.71. The lowest BCUT2D eigenvalue weighted by molar-refractivity contribution is -0.124. The second-order valence-electron chi connectivity index (χ2n) is 10.5. The van der Waals surface area contributed by atoms with Gasteiger partial charge in [-0.25, -0.2) is 9.80 Å². The Kier molecular flexibility index (Phi) is 7.43. The van der Waals surface area contributed by atoms with Gasteiger partial charge in [0.25, 0.3) is 0 Å². The van der Waals surface area contributed by atoms with E-state index in [0.717, 1.165) is 37.0 Å². The number of phenolic OH excluding ortho intramolecular Hbond substituents is 1. The van der Waals surface area contributed by atoms with Crippen molar-refractivity contribution in [2.75, 3.05) is 23.3 Å². The predicted octanol–water partition coefficient (Wildman–Crippen LogP) is 5.17. The highest BCUT2D eigenvalue weighted by atomic mass is 16.3. The summed E-state index contributed by atoms with van der Waals surface area (Å²) in [7, 11) is 0. The SMILES string of the molecule is CC(C)(C)C(=O)CN1C(=O)N(CC(=O)Nc2cccc(O)c2)N=C(C2CCCCC2)c2ccccc21. The smallest absolute Gasteiger partial charge is 0.345 e. The maximum Gasteiger partial charge on any atom is 0.345 e. The van der Waals surface area contributed by atoms with E-state index < -0.39 is 17.4 Å². The van der Waals surface area contributed by atoms with Crippen LogP contribution in [0.2, 0.25) is 0 Å². The van der Waals surface area contributed by atoms with Crippen LogP contribution in [-0.4, -0.2) is 46.6 Å². The zero-order valence-corrected chi connectivity index (χ0v) is 21.2. The summed E-state index contributed by atoms with van der Waals surface area (Å²) in [6.07, 6.45) is 5.28. The van der Waals surface area contributed by atoms with Crippen LogP contribution in [0.25, 0.3) is 0 Å². The summed E-state index contributed by atoms with van der Waals surface area (Å²) in [5.74, 6) is -0.342.